The molecular weight excluding hydrogens is 564 g/mol. The Bertz CT molecular complexity index is 924. The molecule has 0 bridgehead atoms. The fourth-order valence-electron chi connectivity index (χ4n) is 7.03. The molecule has 2 heterocycles. The Balaban J connectivity index is 2.59. The predicted molar refractivity (Wildman–Crippen MR) is 159 cm³/mol. The van der Waals surface area contributed by atoms with Gasteiger partial charge in [-0.2, -0.15) is 0 Å². The van der Waals surface area contributed by atoms with E-state index in [2.05, 4.69) is 0 Å². The quantitative estimate of drug-likeness (QED) is 0.130. The van der Waals surface area contributed by atoms with Crippen molar-refractivity contribution in [3.05, 3.63) is 10.4 Å². The van der Waals surface area contributed by atoms with Crippen LogP contribution in [0.1, 0.15) is 74.7 Å². The summed E-state index contributed by atoms with van der Waals surface area (Å²) in [7, 11) is 4.21. The van der Waals surface area contributed by atoms with Gasteiger partial charge in [-0.25, -0.2) is 0 Å². The Morgan fingerprint density at radius 2 is 1.63 bits per heavy atom. The van der Waals surface area contributed by atoms with Gasteiger partial charge in [0, 0.05) is 18.3 Å². The lowest BCUT2D eigenvalue weighted by atomic mass is 9.78. The number of esters is 1. The van der Waals surface area contributed by atoms with E-state index in [4.69, 9.17) is 14.2 Å². The number of hydrogen-bond acceptors (Lipinski definition) is 11. The minimum absolute atomic E-state index is 0.00529. The Morgan fingerprint density at radius 1 is 1.07 bits per heavy atom. The number of ether oxygens (including phenoxy) is 3. The highest BCUT2D eigenvalue weighted by Gasteiger charge is 2.52. The summed E-state index contributed by atoms with van der Waals surface area (Å²) < 4.78 is 16.1. The van der Waals surface area contributed by atoms with Crippen molar-refractivity contribution in [2.24, 2.45) is 17.8 Å². The van der Waals surface area contributed by atoms with Crippen molar-refractivity contribution in [1.29, 1.82) is 0 Å². The van der Waals surface area contributed by atoms with E-state index in [1.807, 2.05) is 0 Å². The molecule has 13 heteroatoms. The topological polar surface area (TPSA) is 192 Å². The zero-order chi connectivity index (χ0) is 33.5. The summed E-state index contributed by atoms with van der Waals surface area (Å²) in [5, 5.41) is 83.6. The second kappa shape index (κ2) is 13.8. The zero-order valence-electron chi connectivity index (χ0n) is 27.8. The largest absolute Gasteiger partial charge is 0.633 e. The van der Waals surface area contributed by atoms with Crippen LogP contribution >= 0.6 is 0 Å². The maximum absolute atomic E-state index is 13.8. The summed E-state index contributed by atoms with van der Waals surface area (Å²) in [5.41, 5.74) is -3.69. The molecule has 43 heavy (non-hydrogen) atoms. The van der Waals surface area contributed by atoms with Crippen LogP contribution in [0.5, 0.6) is 0 Å². The van der Waals surface area contributed by atoms with Gasteiger partial charge in [-0.3, -0.25) is 4.79 Å². The molecule has 0 aromatic rings. The van der Waals surface area contributed by atoms with E-state index in [0.29, 0.717) is 0 Å². The second-order valence-corrected chi connectivity index (χ2v) is 14.5. The molecule has 2 saturated heterocycles. The molecule has 2 rings (SSSR count). The molecule has 2 aliphatic heterocycles. The maximum Gasteiger partial charge on any atom is 0.311 e. The lowest BCUT2D eigenvalue weighted by Gasteiger charge is -2.51. The summed E-state index contributed by atoms with van der Waals surface area (Å²) in [6, 6.07) is -1.81. The second-order valence-electron chi connectivity index (χ2n) is 14.5. The molecule has 0 aromatic carbocycles. The monoisotopic (exact) mass is 622 g/mol. The van der Waals surface area contributed by atoms with Gasteiger partial charge in [0.2, 0.25) is 0 Å². The predicted octanol–water partition coefficient (Wildman–Crippen LogP) is 1.00. The molecule has 2 fully saturated rings. The molecule has 0 spiro atoms. The van der Waals surface area contributed by atoms with Crippen molar-refractivity contribution >= 4 is 5.97 Å². The van der Waals surface area contributed by atoms with Crippen molar-refractivity contribution < 1.29 is 53.8 Å². The van der Waals surface area contributed by atoms with Crippen molar-refractivity contribution in [2.75, 3.05) is 27.7 Å². The first-order chi connectivity index (χ1) is 19.4. The maximum atomic E-state index is 13.8. The van der Waals surface area contributed by atoms with Crippen LogP contribution in [-0.4, -0.2) is 135 Å². The highest BCUT2D eigenvalue weighted by molar-refractivity contribution is 5.73. The number of quaternary nitrogens is 2. The van der Waals surface area contributed by atoms with E-state index in [1.54, 1.807) is 27.7 Å². The number of nitrogens with zero attached hydrogens (tertiary/aromatic N) is 2. The zero-order valence-corrected chi connectivity index (χ0v) is 27.8. The number of aliphatic hydroxyl groups is 5. The van der Waals surface area contributed by atoms with Gasteiger partial charge in [0.15, 0.2) is 12.4 Å². The fraction of sp³-hybridized carbons (Fsp3) is 0.967. The number of likely N-dealkylation sites (N-methyl/N-ethyl adjacent to an activating group) is 2. The third kappa shape index (κ3) is 8.64. The third-order valence-electron chi connectivity index (χ3n) is 9.84. The van der Waals surface area contributed by atoms with Gasteiger partial charge in [0.1, 0.15) is 29.9 Å². The molecule has 0 saturated carbocycles. The SMILES string of the molecule is CC[C@H]1OC(=O)[C@H](C)[C@@H](O)[C@H](C)[C@@H](O[C@@H]2O[C@H](C)C[C@H]([N+](C)(C)[O-])[C@H]2O)C(C)(O)C[C@@H](C)C[N+](C)([O-])[C@H](C)[C@@H](O)[C@]1(C)O. The van der Waals surface area contributed by atoms with Gasteiger partial charge in [0.25, 0.3) is 0 Å². The number of cyclic esters (lactones) is 1. The average Bonchev–Trinajstić information content (AvgIpc) is 2.87. The number of aliphatic hydroxyl groups excluding tert-OH is 3. The number of hydrogen-bond donors (Lipinski definition) is 5. The molecular formula is C30H58N2O11. The first kappa shape index (κ1) is 38.2. The fourth-order valence-corrected chi connectivity index (χ4v) is 7.03. The first-order valence-corrected chi connectivity index (χ1v) is 15.5. The van der Waals surface area contributed by atoms with E-state index in [-0.39, 0.29) is 25.8 Å². The molecule has 0 amide bonds. The van der Waals surface area contributed by atoms with E-state index >= 15 is 0 Å². The summed E-state index contributed by atoms with van der Waals surface area (Å²) in [5.74, 6) is -3.38. The van der Waals surface area contributed by atoms with Crippen LogP contribution in [0, 0.1) is 28.2 Å². The molecule has 0 aliphatic carbocycles. The third-order valence-corrected chi connectivity index (χ3v) is 9.84. The van der Waals surface area contributed by atoms with Gasteiger partial charge in [-0.15, -0.1) is 0 Å². The van der Waals surface area contributed by atoms with Gasteiger partial charge in [-0.1, -0.05) is 20.8 Å². The molecule has 0 radical (unpaired) electrons. The van der Waals surface area contributed by atoms with Gasteiger partial charge < -0.3 is 59.5 Å². The number of rotatable bonds is 4. The van der Waals surface area contributed by atoms with E-state index in [1.165, 1.54) is 48.8 Å². The number of hydroxylamine groups is 6. The molecule has 5 N–H and O–H groups in total. The molecule has 13 nitrogen and oxygen atoms in total. The first-order valence-electron chi connectivity index (χ1n) is 15.5. The van der Waals surface area contributed by atoms with Crippen LogP contribution in [0.3, 0.4) is 0 Å². The van der Waals surface area contributed by atoms with Crippen molar-refractivity contribution in [3.8, 4) is 0 Å². The van der Waals surface area contributed by atoms with Crippen LogP contribution in [0.25, 0.3) is 0 Å². The molecule has 15 atom stereocenters. The highest BCUT2D eigenvalue weighted by atomic mass is 16.7. The van der Waals surface area contributed by atoms with E-state index in [0.717, 1.165) is 0 Å². The molecule has 254 valence electrons. The Hall–Kier alpha value is -0.970. The van der Waals surface area contributed by atoms with E-state index in [9.17, 15) is 40.7 Å². The van der Waals surface area contributed by atoms with Gasteiger partial charge in [0.05, 0.1) is 57.5 Å². The van der Waals surface area contributed by atoms with Crippen LogP contribution in [0.4, 0.5) is 0 Å². The summed E-state index contributed by atoms with van der Waals surface area (Å²) >= 11 is 0. The standard InChI is InChI=1S/C30H58N2O11/c1-12-22-30(8,38)25(35)20(6)32(11,40)15-16(2)14-29(7,37)26(18(4)23(33)19(5)27(36)42-22)43-28-24(34)21(31(9,10)39)13-17(3)41-28/h16-26,28,33-35,37-38H,12-15H2,1-11H3/t16-,17-,18+,19-,20-,21+,22-,23+,24-,25-,26-,28+,29?,30-,32?/m1/s1. The molecule has 0 aromatic heterocycles. The summed E-state index contributed by atoms with van der Waals surface area (Å²) in [6.07, 6.45) is -8.09. The smallest absolute Gasteiger partial charge is 0.311 e. The number of carbonyl (C=O) groups is 1. The van der Waals surface area contributed by atoms with Gasteiger partial charge in [-0.05, 0) is 47.5 Å². The van der Waals surface area contributed by atoms with Crippen LogP contribution < -0.4 is 0 Å². The molecule has 2 unspecified atom stereocenters. The van der Waals surface area contributed by atoms with Crippen LogP contribution in [-0.2, 0) is 19.0 Å². The van der Waals surface area contributed by atoms with Crippen molar-refractivity contribution in [1.82, 2.24) is 0 Å². The van der Waals surface area contributed by atoms with Crippen molar-refractivity contribution in [3.63, 3.8) is 0 Å². The van der Waals surface area contributed by atoms with Crippen LogP contribution in [0.15, 0.2) is 0 Å². The summed E-state index contributed by atoms with van der Waals surface area (Å²) in [4.78, 5) is 13.3. The summed E-state index contributed by atoms with van der Waals surface area (Å²) in [6.45, 7) is 12.5. The van der Waals surface area contributed by atoms with Crippen LogP contribution in [0.2, 0.25) is 0 Å². The lowest BCUT2D eigenvalue weighted by Crippen LogP contribution is -2.63. The minimum Gasteiger partial charge on any atom is -0.633 e. The van der Waals surface area contributed by atoms with Gasteiger partial charge >= 0.3 is 5.97 Å². The Morgan fingerprint density at radius 3 is 2.14 bits per heavy atom. The molecule has 2 aliphatic rings. The average molecular weight is 623 g/mol. The normalized spacial score (nSPS) is 50.0. The van der Waals surface area contributed by atoms with Crippen molar-refractivity contribution in [2.45, 2.75) is 141 Å². The Kier molecular flexibility index (Phi) is 12.3. The minimum atomic E-state index is -1.97. The lowest BCUT2D eigenvalue weighted by molar-refractivity contribution is -0.892. The number of carbonyl (C=O) groups excluding carboxylic acids is 1. The van der Waals surface area contributed by atoms with E-state index < -0.39 is 99.2 Å². The highest BCUT2D eigenvalue weighted by Crippen LogP contribution is 2.37. The Labute approximate surface area is 256 Å².